The Labute approximate surface area is 278 Å². The van der Waals surface area contributed by atoms with Crippen LogP contribution in [0.5, 0.6) is 0 Å². The van der Waals surface area contributed by atoms with Crippen molar-refractivity contribution in [3.8, 4) is 0 Å². The molecular weight excluding hydrogens is 589 g/mol. The molecule has 0 aliphatic rings. The van der Waals surface area contributed by atoms with Gasteiger partial charge in [-0.2, -0.15) is 0 Å². The Hall–Kier alpha value is -0.500. The highest BCUT2D eigenvalue weighted by molar-refractivity contribution is 7.45. The lowest BCUT2D eigenvalue weighted by molar-refractivity contribution is -0.870. The number of phosphoric ester groups is 1. The Morgan fingerprint density at radius 1 is 0.600 bits per heavy atom. The van der Waals surface area contributed by atoms with E-state index in [0.717, 1.165) is 32.1 Å². The molecule has 0 aromatic rings. The molecule has 0 radical (unpaired) electrons. The van der Waals surface area contributed by atoms with Crippen molar-refractivity contribution in [1.29, 1.82) is 0 Å². The molecule has 0 aromatic heterocycles. The lowest BCUT2D eigenvalue weighted by atomic mass is 10.0. The van der Waals surface area contributed by atoms with E-state index in [1.54, 1.807) is 0 Å². The van der Waals surface area contributed by atoms with E-state index in [-0.39, 0.29) is 25.8 Å². The van der Waals surface area contributed by atoms with Gasteiger partial charge >= 0.3 is 5.97 Å². The van der Waals surface area contributed by atoms with Crippen LogP contribution < -0.4 is 4.89 Å². The zero-order valence-corrected chi connectivity index (χ0v) is 31.2. The zero-order valence-electron chi connectivity index (χ0n) is 30.3. The fourth-order valence-electron chi connectivity index (χ4n) is 5.19. The number of nitrogens with zero attached hydrogens (tertiary/aromatic N) is 1. The van der Waals surface area contributed by atoms with Gasteiger partial charge in [0.1, 0.15) is 19.3 Å². The van der Waals surface area contributed by atoms with Crippen LogP contribution in [0.3, 0.4) is 0 Å². The number of phosphoric acid groups is 1. The Balaban J connectivity index is 4.16. The molecule has 0 amide bonds. The van der Waals surface area contributed by atoms with E-state index < -0.39 is 13.9 Å². The topological polar surface area (TPSA) is 94.1 Å². The van der Waals surface area contributed by atoms with Gasteiger partial charge in [0.2, 0.25) is 0 Å². The average Bonchev–Trinajstić information content (AvgIpc) is 2.98. The van der Waals surface area contributed by atoms with E-state index in [2.05, 4.69) is 13.8 Å². The average molecular weight is 664 g/mol. The molecular formula is C36H74NO7P. The summed E-state index contributed by atoms with van der Waals surface area (Å²) in [6.07, 6.45) is 28.3. The van der Waals surface area contributed by atoms with E-state index in [4.69, 9.17) is 18.5 Å². The van der Waals surface area contributed by atoms with Crippen molar-refractivity contribution in [2.24, 2.45) is 0 Å². The fraction of sp³-hybridized carbons (Fsp3) is 0.972. The van der Waals surface area contributed by atoms with Crippen LogP contribution in [-0.2, 0) is 27.9 Å². The van der Waals surface area contributed by atoms with Crippen LogP contribution in [0.15, 0.2) is 0 Å². The number of hydrogen-bond donors (Lipinski definition) is 0. The fourth-order valence-corrected chi connectivity index (χ4v) is 5.92. The molecule has 0 saturated heterocycles. The Bertz CT molecular complexity index is 701. The number of quaternary nitrogens is 1. The van der Waals surface area contributed by atoms with Gasteiger partial charge in [-0.05, 0) is 12.8 Å². The van der Waals surface area contributed by atoms with Crippen LogP contribution >= 0.6 is 7.82 Å². The van der Waals surface area contributed by atoms with Crippen LogP contribution in [0.25, 0.3) is 0 Å². The van der Waals surface area contributed by atoms with E-state index in [1.807, 2.05) is 21.1 Å². The van der Waals surface area contributed by atoms with Gasteiger partial charge in [0.05, 0.1) is 34.4 Å². The molecule has 0 rings (SSSR count). The van der Waals surface area contributed by atoms with Crippen LogP contribution in [0, 0.1) is 0 Å². The van der Waals surface area contributed by atoms with Gasteiger partial charge in [-0.15, -0.1) is 0 Å². The van der Waals surface area contributed by atoms with Crippen molar-refractivity contribution in [3.63, 3.8) is 0 Å². The lowest BCUT2D eigenvalue weighted by Crippen LogP contribution is -2.37. The second-order valence-corrected chi connectivity index (χ2v) is 15.4. The predicted molar refractivity (Wildman–Crippen MR) is 185 cm³/mol. The lowest BCUT2D eigenvalue weighted by Gasteiger charge is -2.28. The van der Waals surface area contributed by atoms with Crippen LogP contribution in [0.2, 0.25) is 0 Å². The minimum atomic E-state index is -4.50. The van der Waals surface area contributed by atoms with Gasteiger partial charge in [-0.1, -0.05) is 149 Å². The van der Waals surface area contributed by atoms with Crippen molar-refractivity contribution < 1.29 is 37.3 Å². The van der Waals surface area contributed by atoms with Gasteiger partial charge in [-0.25, -0.2) is 0 Å². The van der Waals surface area contributed by atoms with E-state index in [9.17, 15) is 14.3 Å². The molecule has 0 saturated carbocycles. The monoisotopic (exact) mass is 664 g/mol. The number of unbranched alkanes of at least 4 members (excludes halogenated alkanes) is 21. The number of hydrogen-bond acceptors (Lipinski definition) is 7. The maximum absolute atomic E-state index is 12.5. The summed E-state index contributed by atoms with van der Waals surface area (Å²) in [5.74, 6) is -0.338. The highest BCUT2D eigenvalue weighted by Gasteiger charge is 2.20. The summed E-state index contributed by atoms with van der Waals surface area (Å²) in [4.78, 5) is 24.7. The number of ether oxygens (including phenoxy) is 2. The van der Waals surface area contributed by atoms with Crippen LogP contribution in [0.1, 0.15) is 168 Å². The van der Waals surface area contributed by atoms with Crippen molar-refractivity contribution >= 4 is 13.8 Å². The molecule has 8 nitrogen and oxygen atoms in total. The number of carbonyl (C=O) groups is 1. The van der Waals surface area contributed by atoms with E-state index in [1.165, 1.54) is 116 Å². The molecule has 270 valence electrons. The summed E-state index contributed by atoms with van der Waals surface area (Å²) in [5, 5.41) is 0. The molecule has 9 heteroatoms. The summed E-state index contributed by atoms with van der Waals surface area (Å²) >= 11 is 0. The highest BCUT2D eigenvalue weighted by atomic mass is 31.2. The van der Waals surface area contributed by atoms with Gasteiger partial charge in [-0.3, -0.25) is 9.36 Å². The van der Waals surface area contributed by atoms with Crippen molar-refractivity contribution in [2.45, 2.75) is 174 Å². The van der Waals surface area contributed by atoms with Crippen LogP contribution in [0.4, 0.5) is 0 Å². The largest absolute Gasteiger partial charge is 0.756 e. The van der Waals surface area contributed by atoms with Gasteiger partial charge in [0.15, 0.2) is 0 Å². The smallest absolute Gasteiger partial charge is 0.306 e. The summed E-state index contributed by atoms with van der Waals surface area (Å²) in [6.45, 7) is 5.39. The Morgan fingerprint density at radius 2 is 1.02 bits per heavy atom. The highest BCUT2D eigenvalue weighted by Crippen LogP contribution is 2.38. The second kappa shape index (κ2) is 30.8. The third-order valence-electron chi connectivity index (χ3n) is 8.16. The maximum atomic E-state index is 12.5. The molecule has 0 fully saturated rings. The molecule has 45 heavy (non-hydrogen) atoms. The van der Waals surface area contributed by atoms with E-state index in [0.29, 0.717) is 24.1 Å². The van der Waals surface area contributed by atoms with Gasteiger partial charge < -0.3 is 27.9 Å². The zero-order chi connectivity index (χ0) is 33.5. The molecule has 0 spiro atoms. The molecule has 0 N–H and O–H groups in total. The molecule has 0 heterocycles. The van der Waals surface area contributed by atoms with E-state index >= 15 is 0 Å². The summed E-state index contributed by atoms with van der Waals surface area (Å²) in [7, 11) is 1.37. The minimum Gasteiger partial charge on any atom is -0.756 e. The second-order valence-electron chi connectivity index (χ2n) is 14.0. The number of rotatable bonds is 35. The predicted octanol–water partition coefficient (Wildman–Crippen LogP) is 9.52. The maximum Gasteiger partial charge on any atom is 0.306 e. The molecule has 0 aromatic carbocycles. The first-order valence-electron chi connectivity index (χ1n) is 18.8. The molecule has 2 unspecified atom stereocenters. The number of esters is 1. The SMILES string of the molecule is CCCCCCCCCCCCCCCCCCOCC(COP(=O)([O-])OCC[N+](C)(C)C)OC(=O)CCCCCCCCC. The van der Waals surface area contributed by atoms with Gasteiger partial charge in [0.25, 0.3) is 7.82 Å². The quantitative estimate of drug-likeness (QED) is 0.0288. The molecule has 0 bridgehead atoms. The first-order chi connectivity index (χ1) is 21.6. The Morgan fingerprint density at radius 3 is 1.47 bits per heavy atom. The molecule has 0 aliphatic carbocycles. The molecule has 0 aliphatic heterocycles. The summed E-state index contributed by atoms with van der Waals surface area (Å²) in [5.41, 5.74) is 0. The first kappa shape index (κ1) is 44.5. The van der Waals surface area contributed by atoms with Crippen LogP contribution in [-0.4, -0.2) is 70.7 Å². The number of likely N-dealkylation sites (N-methyl/N-ethyl adjacent to an activating group) is 1. The summed E-state index contributed by atoms with van der Waals surface area (Å²) in [6, 6.07) is 0. The molecule has 2 atom stereocenters. The normalized spacial score (nSPS) is 14.0. The third kappa shape index (κ3) is 34.6. The summed E-state index contributed by atoms with van der Waals surface area (Å²) < 4.78 is 34.3. The van der Waals surface area contributed by atoms with Crippen molar-refractivity contribution in [2.75, 3.05) is 54.1 Å². The van der Waals surface area contributed by atoms with Crippen molar-refractivity contribution in [3.05, 3.63) is 0 Å². The number of carbonyl (C=O) groups excluding carboxylic acids is 1. The van der Waals surface area contributed by atoms with Gasteiger partial charge in [0, 0.05) is 13.0 Å². The minimum absolute atomic E-state index is 0.0305. The van der Waals surface area contributed by atoms with Crippen molar-refractivity contribution in [1.82, 2.24) is 0 Å². The third-order valence-corrected chi connectivity index (χ3v) is 9.12. The standard InChI is InChI=1S/C36H74NO7P/c1-6-8-10-12-14-15-16-17-18-19-20-21-22-24-26-28-31-41-33-35(34-43-45(39,40)42-32-30-37(3,4)5)44-36(38)29-27-25-23-13-11-9-7-2/h35H,6-34H2,1-5H3. The first-order valence-corrected chi connectivity index (χ1v) is 20.2. The Kier molecular flexibility index (Phi) is 30.5.